The van der Waals surface area contributed by atoms with Crippen molar-refractivity contribution >= 4 is 19.1 Å². The van der Waals surface area contributed by atoms with Crippen molar-refractivity contribution in [3.05, 3.63) is 76.4 Å². The number of nitrogens with zero attached hydrogens (tertiary/aromatic N) is 1. The standard InChI is InChI=1S/C22H24N.F6P/c1-16(2)20-15-23(14-17-8-4-3-5-9-17)21-13-7-11-18-10-6-12-19(20)22(18)21;1-7(2,3,4,5)6/h3-6,8-10,12H,7,11,13-15H2,1-2H3;/q+1;-1. The van der Waals surface area contributed by atoms with Gasteiger partial charge in [-0.2, -0.15) is 0 Å². The Morgan fingerprint density at radius 3 is 2.10 bits per heavy atom. The Labute approximate surface area is 172 Å². The Kier molecular flexibility index (Phi) is 5.43. The van der Waals surface area contributed by atoms with Crippen molar-refractivity contribution in [3.8, 4) is 0 Å². The van der Waals surface area contributed by atoms with Crippen LogP contribution in [0.2, 0.25) is 0 Å². The van der Waals surface area contributed by atoms with Crippen LogP contribution in [-0.4, -0.2) is 16.8 Å². The first kappa shape index (κ1) is 22.5. The molecule has 0 saturated heterocycles. The molecule has 1 nitrogen and oxygen atoms in total. The molecule has 0 N–H and O–H groups in total. The van der Waals surface area contributed by atoms with Crippen LogP contribution in [0.4, 0.5) is 25.2 Å². The molecule has 164 valence electrons. The molecule has 0 spiro atoms. The number of hydrogen-bond donors (Lipinski definition) is 0. The summed E-state index contributed by atoms with van der Waals surface area (Å²) in [6.45, 7) is 6.57. The second kappa shape index (κ2) is 7.23. The van der Waals surface area contributed by atoms with Crippen LogP contribution in [-0.2, 0) is 13.0 Å². The van der Waals surface area contributed by atoms with Gasteiger partial charge in [-0.15, -0.1) is 0 Å². The number of allylic oxidation sites excluding steroid dienone is 1. The van der Waals surface area contributed by atoms with Crippen molar-refractivity contribution in [3.63, 3.8) is 0 Å². The summed E-state index contributed by atoms with van der Waals surface area (Å²) in [6, 6.07) is 17.8. The predicted octanol–water partition coefficient (Wildman–Crippen LogP) is 8.21. The molecular formula is C22H24F6NP. The molecule has 0 radical (unpaired) electrons. The van der Waals surface area contributed by atoms with Crippen molar-refractivity contribution in [2.24, 2.45) is 0 Å². The Morgan fingerprint density at radius 2 is 1.50 bits per heavy atom. The van der Waals surface area contributed by atoms with Gasteiger partial charge in [0.1, 0.15) is 0 Å². The zero-order valence-electron chi connectivity index (χ0n) is 16.8. The minimum atomic E-state index is -10.7. The minimum absolute atomic E-state index is 1.01. The van der Waals surface area contributed by atoms with Gasteiger partial charge in [-0.3, -0.25) is 0 Å². The fraction of sp³-hybridized carbons (Fsp3) is 0.318. The van der Waals surface area contributed by atoms with Gasteiger partial charge in [0.25, 0.3) is 0 Å². The van der Waals surface area contributed by atoms with Crippen molar-refractivity contribution in [1.29, 1.82) is 0 Å². The average molecular weight is 447 g/mol. The maximum absolute atomic E-state index is 10.7. The predicted molar refractivity (Wildman–Crippen MR) is 111 cm³/mol. The van der Waals surface area contributed by atoms with E-state index in [2.05, 4.69) is 67.0 Å². The molecule has 2 aliphatic rings. The van der Waals surface area contributed by atoms with Gasteiger partial charge in [-0.1, -0.05) is 54.1 Å². The third kappa shape index (κ3) is 6.43. The van der Waals surface area contributed by atoms with Gasteiger partial charge in [0.2, 0.25) is 0 Å². The van der Waals surface area contributed by atoms with E-state index in [9.17, 15) is 25.2 Å². The molecule has 4 rings (SSSR count). The molecule has 1 aliphatic heterocycles. The molecule has 1 aliphatic carbocycles. The monoisotopic (exact) mass is 447 g/mol. The van der Waals surface area contributed by atoms with E-state index in [4.69, 9.17) is 0 Å². The van der Waals surface area contributed by atoms with E-state index in [1.165, 1.54) is 47.1 Å². The molecule has 0 amide bonds. The summed E-state index contributed by atoms with van der Waals surface area (Å²) in [5.74, 6) is 0. The van der Waals surface area contributed by atoms with E-state index in [1.807, 2.05) is 0 Å². The molecule has 0 unspecified atom stereocenters. The summed E-state index contributed by atoms with van der Waals surface area (Å²) in [5.41, 5.74) is 10.5. The summed E-state index contributed by atoms with van der Waals surface area (Å²) in [4.78, 5) is 0. The van der Waals surface area contributed by atoms with Gasteiger partial charge in [0.05, 0.1) is 5.56 Å². The van der Waals surface area contributed by atoms with Crippen molar-refractivity contribution in [2.45, 2.75) is 39.7 Å². The maximum atomic E-state index is 9.87. The Balaban J connectivity index is 0.000000318. The number of aryl methyl sites for hydroxylation is 1. The van der Waals surface area contributed by atoms with Crippen LogP contribution in [0.25, 0.3) is 5.57 Å². The van der Waals surface area contributed by atoms with Crippen LogP contribution in [0.5, 0.6) is 0 Å². The van der Waals surface area contributed by atoms with Gasteiger partial charge in [-0.25, -0.2) is 4.58 Å². The molecule has 8 heteroatoms. The summed E-state index contributed by atoms with van der Waals surface area (Å²) >= 11 is 0. The van der Waals surface area contributed by atoms with E-state index in [-0.39, 0.29) is 0 Å². The molecule has 0 atom stereocenters. The van der Waals surface area contributed by atoms with E-state index < -0.39 is 7.81 Å². The topological polar surface area (TPSA) is 3.01 Å². The van der Waals surface area contributed by atoms with Crippen molar-refractivity contribution < 1.29 is 29.8 Å². The van der Waals surface area contributed by atoms with Crippen LogP contribution in [0, 0.1) is 0 Å². The average Bonchev–Trinajstić information content (AvgIpc) is 2.62. The first-order valence-corrected chi connectivity index (χ1v) is 11.7. The summed E-state index contributed by atoms with van der Waals surface area (Å²) in [7, 11) is -10.7. The Morgan fingerprint density at radius 1 is 0.867 bits per heavy atom. The molecule has 0 saturated carbocycles. The van der Waals surface area contributed by atoms with Gasteiger partial charge in [0, 0.05) is 17.6 Å². The number of hydrogen-bond acceptors (Lipinski definition) is 0. The van der Waals surface area contributed by atoms with Crippen LogP contribution in [0.3, 0.4) is 0 Å². The van der Waals surface area contributed by atoms with Gasteiger partial charge in [-0.05, 0) is 37.8 Å². The molecule has 0 fully saturated rings. The normalized spacial score (nSPS) is 17.9. The first-order chi connectivity index (χ1) is 13.7. The molecule has 2 aromatic carbocycles. The van der Waals surface area contributed by atoms with Gasteiger partial charge in [0.15, 0.2) is 18.8 Å². The molecule has 1 heterocycles. The molecule has 0 bridgehead atoms. The van der Waals surface area contributed by atoms with Crippen molar-refractivity contribution in [2.75, 3.05) is 6.54 Å². The molecular weight excluding hydrogens is 423 g/mol. The van der Waals surface area contributed by atoms with Crippen LogP contribution in [0.15, 0.2) is 54.1 Å². The van der Waals surface area contributed by atoms with Crippen LogP contribution >= 0.6 is 7.81 Å². The third-order valence-electron chi connectivity index (χ3n) is 5.17. The molecule has 30 heavy (non-hydrogen) atoms. The molecule has 0 aromatic heterocycles. The molecule has 2 aromatic rings. The Bertz CT molecular complexity index is 1010. The quantitative estimate of drug-likeness (QED) is 0.248. The van der Waals surface area contributed by atoms with E-state index in [1.54, 1.807) is 11.3 Å². The van der Waals surface area contributed by atoms with E-state index in [0.717, 1.165) is 13.1 Å². The fourth-order valence-corrected chi connectivity index (χ4v) is 4.04. The SMILES string of the molecule is CC(C)=C1C[N+](Cc2ccccc2)=C2CCCc3cccc1c32.F[P-](F)(F)(F)(F)F. The van der Waals surface area contributed by atoms with Crippen molar-refractivity contribution in [1.82, 2.24) is 0 Å². The van der Waals surface area contributed by atoms with E-state index in [0.29, 0.717) is 0 Å². The second-order valence-electron chi connectivity index (χ2n) is 7.92. The number of rotatable bonds is 2. The summed E-state index contributed by atoms with van der Waals surface area (Å²) in [6.07, 6.45) is 3.72. The van der Waals surface area contributed by atoms with Gasteiger partial charge >= 0.3 is 33.0 Å². The zero-order valence-corrected chi connectivity index (χ0v) is 17.7. The van der Waals surface area contributed by atoms with Crippen LogP contribution < -0.4 is 0 Å². The zero-order chi connectivity index (χ0) is 22.2. The number of halogens is 6. The fourth-order valence-electron chi connectivity index (χ4n) is 4.04. The first-order valence-electron chi connectivity index (χ1n) is 9.69. The third-order valence-corrected chi connectivity index (χ3v) is 5.17. The van der Waals surface area contributed by atoms with Crippen LogP contribution in [0.1, 0.15) is 48.9 Å². The summed E-state index contributed by atoms with van der Waals surface area (Å²) in [5, 5.41) is 0. The number of benzene rings is 2. The Hall–Kier alpha value is -2.14. The summed E-state index contributed by atoms with van der Waals surface area (Å²) < 4.78 is 61.8. The second-order valence-corrected chi connectivity index (χ2v) is 9.84. The van der Waals surface area contributed by atoms with Gasteiger partial charge < -0.3 is 0 Å². The van der Waals surface area contributed by atoms with E-state index >= 15 is 0 Å².